The molecule has 0 radical (unpaired) electrons. The number of benzene rings is 1. The van der Waals surface area contributed by atoms with Crippen molar-refractivity contribution >= 4 is 23.1 Å². The van der Waals surface area contributed by atoms with Crippen molar-refractivity contribution in [2.24, 2.45) is 0 Å². The highest BCUT2D eigenvalue weighted by Gasteiger charge is 2.47. The van der Waals surface area contributed by atoms with E-state index in [1.54, 1.807) is 0 Å². The minimum Gasteiger partial charge on any atom is -0.363 e. The van der Waals surface area contributed by atoms with Gasteiger partial charge in [-0.2, -0.15) is 18.3 Å². The molecular formula is C21H21F3N4OS. The number of amides is 1. The first-order valence-corrected chi connectivity index (χ1v) is 10.5. The van der Waals surface area contributed by atoms with Crippen molar-refractivity contribution in [3.63, 3.8) is 0 Å². The summed E-state index contributed by atoms with van der Waals surface area (Å²) in [6, 6.07) is 8.89. The lowest BCUT2D eigenvalue weighted by Crippen LogP contribution is -2.36. The molecule has 0 saturated heterocycles. The molecule has 1 aliphatic rings. The molecule has 0 fully saturated rings. The first-order chi connectivity index (χ1) is 14.4. The number of nitrogens with one attached hydrogen (secondary N) is 2. The Hall–Kier alpha value is -2.81. The predicted octanol–water partition coefficient (Wildman–Crippen LogP) is 5.10. The summed E-state index contributed by atoms with van der Waals surface area (Å²) in [7, 11) is 0. The summed E-state index contributed by atoms with van der Waals surface area (Å²) in [5.41, 5.74) is 1.97. The van der Waals surface area contributed by atoms with Crippen LogP contribution in [0.2, 0.25) is 0 Å². The Kier molecular flexibility index (Phi) is 5.55. The Labute approximate surface area is 175 Å². The van der Waals surface area contributed by atoms with Crippen LogP contribution in [0.15, 0.2) is 48.0 Å². The van der Waals surface area contributed by atoms with E-state index in [-0.39, 0.29) is 17.8 Å². The molecule has 0 unspecified atom stereocenters. The van der Waals surface area contributed by atoms with Gasteiger partial charge in [0, 0.05) is 11.3 Å². The lowest BCUT2D eigenvalue weighted by Gasteiger charge is -2.34. The van der Waals surface area contributed by atoms with Gasteiger partial charge in [-0.05, 0) is 29.0 Å². The largest absolute Gasteiger partial charge is 0.410 e. The quantitative estimate of drug-likeness (QED) is 0.588. The van der Waals surface area contributed by atoms with E-state index >= 15 is 0 Å². The molecule has 3 heterocycles. The van der Waals surface area contributed by atoms with Crippen LogP contribution in [-0.4, -0.2) is 21.9 Å². The Bertz CT molecular complexity index is 1010. The summed E-state index contributed by atoms with van der Waals surface area (Å²) in [6.45, 7) is 2.33. The van der Waals surface area contributed by atoms with Crippen LogP contribution in [0.25, 0.3) is 0 Å². The van der Waals surface area contributed by atoms with Gasteiger partial charge >= 0.3 is 6.18 Å². The predicted molar refractivity (Wildman–Crippen MR) is 110 cm³/mol. The van der Waals surface area contributed by atoms with Gasteiger partial charge in [0.25, 0.3) is 5.91 Å². The topological polar surface area (TPSA) is 59.0 Å². The Morgan fingerprint density at radius 3 is 2.70 bits per heavy atom. The van der Waals surface area contributed by atoms with E-state index < -0.39 is 24.2 Å². The van der Waals surface area contributed by atoms with Crippen molar-refractivity contribution in [3.05, 3.63) is 69.5 Å². The summed E-state index contributed by atoms with van der Waals surface area (Å²) in [5, 5.41) is 11.7. The molecule has 2 N–H and O–H groups in total. The van der Waals surface area contributed by atoms with Crippen LogP contribution in [0, 0.1) is 0 Å². The van der Waals surface area contributed by atoms with Gasteiger partial charge in [0.2, 0.25) is 0 Å². The van der Waals surface area contributed by atoms with E-state index in [1.165, 1.54) is 17.5 Å². The van der Waals surface area contributed by atoms with Crippen LogP contribution in [-0.2, 0) is 13.0 Å². The number of hydrogen-bond acceptors (Lipinski definition) is 4. The van der Waals surface area contributed by atoms with E-state index in [4.69, 9.17) is 0 Å². The average Bonchev–Trinajstić information content (AvgIpc) is 3.40. The SMILES string of the molecule is CCc1ccc([C@H]2C[C@H](C(F)(F)F)n3ncc(C(=O)NCc4cccs4)c3N2)cc1. The number of anilines is 1. The summed E-state index contributed by atoms with van der Waals surface area (Å²) in [6.07, 6.45) is -2.62. The van der Waals surface area contributed by atoms with Gasteiger partial charge in [-0.1, -0.05) is 37.3 Å². The molecule has 9 heteroatoms. The number of thiophene rings is 1. The lowest BCUT2D eigenvalue weighted by atomic mass is 9.95. The molecule has 2 aromatic heterocycles. The Balaban J connectivity index is 1.63. The maximum atomic E-state index is 13.8. The van der Waals surface area contributed by atoms with Gasteiger partial charge in [-0.25, -0.2) is 4.68 Å². The summed E-state index contributed by atoms with van der Waals surface area (Å²) < 4.78 is 42.2. The summed E-state index contributed by atoms with van der Waals surface area (Å²) >= 11 is 1.50. The van der Waals surface area contributed by atoms with Gasteiger partial charge in [-0.3, -0.25) is 4.79 Å². The average molecular weight is 434 g/mol. The zero-order valence-electron chi connectivity index (χ0n) is 16.2. The van der Waals surface area contributed by atoms with Crippen molar-refractivity contribution < 1.29 is 18.0 Å². The smallest absolute Gasteiger partial charge is 0.363 e. The van der Waals surface area contributed by atoms with Crippen LogP contribution < -0.4 is 10.6 Å². The molecule has 158 valence electrons. The third-order valence-electron chi connectivity index (χ3n) is 5.28. The number of carbonyl (C=O) groups excluding carboxylic acids is 1. The third-order valence-corrected chi connectivity index (χ3v) is 6.15. The number of nitrogens with zero attached hydrogens (tertiary/aromatic N) is 2. The molecule has 30 heavy (non-hydrogen) atoms. The molecule has 1 aromatic carbocycles. The molecule has 3 aromatic rings. The number of rotatable bonds is 5. The number of halogens is 3. The molecule has 0 saturated carbocycles. The lowest BCUT2D eigenvalue weighted by molar-refractivity contribution is -0.173. The van der Waals surface area contributed by atoms with Gasteiger partial charge in [-0.15, -0.1) is 11.3 Å². The fourth-order valence-electron chi connectivity index (χ4n) is 3.61. The van der Waals surface area contributed by atoms with Crippen molar-refractivity contribution in [3.8, 4) is 0 Å². The van der Waals surface area contributed by atoms with E-state index in [9.17, 15) is 18.0 Å². The van der Waals surface area contributed by atoms with E-state index in [2.05, 4.69) is 15.7 Å². The number of aromatic nitrogens is 2. The van der Waals surface area contributed by atoms with Crippen LogP contribution in [0.5, 0.6) is 0 Å². The second-order valence-corrected chi connectivity index (χ2v) is 8.23. The monoisotopic (exact) mass is 434 g/mol. The van der Waals surface area contributed by atoms with Gasteiger partial charge in [0.15, 0.2) is 6.04 Å². The van der Waals surface area contributed by atoms with Crippen LogP contribution in [0.3, 0.4) is 0 Å². The van der Waals surface area contributed by atoms with Gasteiger partial charge in [0.05, 0.1) is 18.8 Å². The molecular weight excluding hydrogens is 413 g/mol. The molecule has 1 amide bonds. The minimum atomic E-state index is -4.48. The molecule has 0 aliphatic carbocycles. The van der Waals surface area contributed by atoms with Crippen molar-refractivity contribution in [2.75, 3.05) is 5.32 Å². The third kappa shape index (κ3) is 4.07. The highest BCUT2D eigenvalue weighted by atomic mass is 32.1. The van der Waals surface area contributed by atoms with Crippen LogP contribution in [0.4, 0.5) is 19.0 Å². The molecule has 4 rings (SSSR count). The first kappa shape index (κ1) is 20.5. The second-order valence-electron chi connectivity index (χ2n) is 7.20. The number of fused-ring (bicyclic) bond motifs is 1. The molecule has 1 aliphatic heterocycles. The zero-order chi connectivity index (χ0) is 21.3. The Morgan fingerprint density at radius 2 is 2.07 bits per heavy atom. The first-order valence-electron chi connectivity index (χ1n) is 9.67. The minimum absolute atomic E-state index is 0.0943. The standard InChI is InChI=1S/C21H21F3N4OS/c1-2-13-5-7-14(8-6-13)17-10-18(21(22,23)24)28-19(27-17)16(12-26-28)20(29)25-11-15-4-3-9-30-15/h3-9,12,17-18,27H,2,10-11H2,1H3,(H,25,29)/t17-,18-/m1/s1. The fourth-order valence-corrected chi connectivity index (χ4v) is 4.25. The number of hydrogen-bond donors (Lipinski definition) is 2. The number of aryl methyl sites for hydroxylation is 1. The van der Waals surface area contributed by atoms with Crippen LogP contribution >= 0.6 is 11.3 Å². The Morgan fingerprint density at radius 1 is 1.30 bits per heavy atom. The van der Waals surface area contributed by atoms with Crippen molar-refractivity contribution in [1.82, 2.24) is 15.1 Å². The summed E-state index contributed by atoms with van der Waals surface area (Å²) in [4.78, 5) is 13.6. The summed E-state index contributed by atoms with van der Waals surface area (Å²) in [5.74, 6) is -0.364. The van der Waals surface area contributed by atoms with E-state index in [0.717, 1.165) is 27.1 Å². The number of carbonyl (C=O) groups is 1. The molecule has 0 spiro atoms. The number of alkyl halides is 3. The maximum absolute atomic E-state index is 13.8. The zero-order valence-corrected chi connectivity index (χ0v) is 17.1. The van der Waals surface area contributed by atoms with Gasteiger partial charge in [0.1, 0.15) is 11.4 Å². The van der Waals surface area contributed by atoms with Crippen LogP contribution in [0.1, 0.15) is 51.8 Å². The second kappa shape index (κ2) is 8.14. The van der Waals surface area contributed by atoms with E-state index in [0.29, 0.717) is 6.54 Å². The van der Waals surface area contributed by atoms with Gasteiger partial charge < -0.3 is 10.6 Å². The van der Waals surface area contributed by atoms with Crippen molar-refractivity contribution in [1.29, 1.82) is 0 Å². The molecule has 5 nitrogen and oxygen atoms in total. The normalized spacial score (nSPS) is 18.5. The highest BCUT2D eigenvalue weighted by molar-refractivity contribution is 7.09. The molecule has 0 bridgehead atoms. The highest BCUT2D eigenvalue weighted by Crippen LogP contribution is 2.44. The van der Waals surface area contributed by atoms with Crippen molar-refractivity contribution in [2.45, 2.75) is 44.6 Å². The van der Waals surface area contributed by atoms with E-state index in [1.807, 2.05) is 48.7 Å². The molecule has 2 atom stereocenters. The fraction of sp³-hybridized carbons (Fsp3) is 0.333. The maximum Gasteiger partial charge on any atom is 0.410 e.